The summed E-state index contributed by atoms with van der Waals surface area (Å²) in [6.45, 7) is 3.83. The number of rotatable bonds is 6. The van der Waals surface area contributed by atoms with Gasteiger partial charge in [-0.3, -0.25) is 0 Å². The summed E-state index contributed by atoms with van der Waals surface area (Å²) < 4.78 is 7.96. The van der Waals surface area contributed by atoms with E-state index in [-0.39, 0.29) is 0 Å². The van der Waals surface area contributed by atoms with Crippen molar-refractivity contribution in [3.8, 4) is 0 Å². The summed E-state index contributed by atoms with van der Waals surface area (Å²) in [5, 5.41) is 10.4. The summed E-state index contributed by atoms with van der Waals surface area (Å²) in [5.41, 5.74) is 1.12. The maximum Gasteiger partial charge on any atom is 0.191 e. The zero-order valence-corrected chi connectivity index (χ0v) is 14.2. The van der Waals surface area contributed by atoms with E-state index in [1.165, 1.54) is 0 Å². The number of aryl methyl sites for hydroxylation is 1. The van der Waals surface area contributed by atoms with Gasteiger partial charge in [-0.1, -0.05) is 48.5 Å². The van der Waals surface area contributed by atoms with Crippen molar-refractivity contribution < 1.29 is 4.74 Å². The van der Waals surface area contributed by atoms with Gasteiger partial charge in [0.15, 0.2) is 5.16 Å². The van der Waals surface area contributed by atoms with E-state index in [0.29, 0.717) is 6.10 Å². The Labute approximate surface area is 140 Å². The first-order valence-electron chi connectivity index (χ1n) is 7.67. The van der Waals surface area contributed by atoms with E-state index >= 15 is 0 Å². The topological polar surface area (TPSA) is 39.9 Å². The average molecular weight is 338 g/mol. The fourth-order valence-electron chi connectivity index (χ4n) is 2.62. The number of hydrogen-bond acceptors (Lipinski definition) is 4. The van der Waals surface area contributed by atoms with Crippen LogP contribution in [-0.4, -0.2) is 27.5 Å². The van der Waals surface area contributed by atoms with Gasteiger partial charge in [0.1, 0.15) is 5.82 Å². The lowest BCUT2D eigenvalue weighted by Crippen LogP contribution is -2.17. The molecule has 0 bridgehead atoms. The van der Waals surface area contributed by atoms with Gasteiger partial charge >= 0.3 is 0 Å². The van der Waals surface area contributed by atoms with Gasteiger partial charge < -0.3 is 9.30 Å². The van der Waals surface area contributed by atoms with E-state index in [4.69, 9.17) is 16.3 Å². The van der Waals surface area contributed by atoms with Crippen LogP contribution in [0, 0.1) is 0 Å². The number of aromatic nitrogens is 3. The molecule has 1 aromatic heterocycles. The molecular formula is C16H20ClN3OS. The van der Waals surface area contributed by atoms with Crippen molar-refractivity contribution in [1.82, 2.24) is 14.8 Å². The lowest BCUT2D eigenvalue weighted by Gasteiger charge is -2.14. The van der Waals surface area contributed by atoms with Crippen molar-refractivity contribution in [3.05, 3.63) is 40.7 Å². The van der Waals surface area contributed by atoms with Crippen LogP contribution in [0.4, 0.5) is 0 Å². The highest BCUT2D eigenvalue weighted by Gasteiger charge is 2.20. The SMILES string of the molecule is CCc1nnc(SCc2ccccc2Cl)n1CC1CCCO1. The molecule has 1 unspecified atom stereocenters. The van der Waals surface area contributed by atoms with Crippen LogP contribution >= 0.6 is 23.4 Å². The van der Waals surface area contributed by atoms with E-state index in [1.807, 2.05) is 18.2 Å². The molecule has 1 aromatic carbocycles. The number of benzene rings is 1. The molecular weight excluding hydrogens is 318 g/mol. The Morgan fingerprint density at radius 2 is 2.23 bits per heavy atom. The molecule has 4 nitrogen and oxygen atoms in total. The first-order valence-corrected chi connectivity index (χ1v) is 9.04. The van der Waals surface area contributed by atoms with Gasteiger partial charge in [-0.15, -0.1) is 10.2 Å². The minimum Gasteiger partial charge on any atom is -0.376 e. The number of thioether (sulfide) groups is 1. The fourth-order valence-corrected chi connectivity index (χ4v) is 3.87. The molecule has 6 heteroatoms. The smallest absolute Gasteiger partial charge is 0.191 e. The molecule has 1 atom stereocenters. The molecule has 0 aliphatic carbocycles. The zero-order valence-electron chi connectivity index (χ0n) is 12.7. The summed E-state index contributed by atoms with van der Waals surface area (Å²) in [4.78, 5) is 0. The molecule has 1 saturated heterocycles. The van der Waals surface area contributed by atoms with Crippen LogP contribution in [-0.2, 0) is 23.5 Å². The predicted octanol–water partition coefficient (Wildman–Crippen LogP) is 3.97. The average Bonchev–Trinajstić information content (AvgIpc) is 3.17. The maximum atomic E-state index is 6.22. The van der Waals surface area contributed by atoms with Gasteiger partial charge in [-0.25, -0.2) is 0 Å². The van der Waals surface area contributed by atoms with Gasteiger partial charge in [0.05, 0.1) is 12.6 Å². The van der Waals surface area contributed by atoms with Crippen LogP contribution in [0.5, 0.6) is 0 Å². The van der Waals surface area contributed by atoms with Crippen LogP contribution in [0.3, 0.4) is 0 Å². The minimum absolute atomic E-state index is 0.293. The molecule has 1 fully saturated rings. The number of nitrogens with zero attached hydrogens (tertiary/aromatic N) is 3. The first kappa shape index (κ1) is 15.8. The highest BCUT2D eigenvalue weighted by molar-refractivity contribution is 7.98. The van der Waals surface area contributed by atoms with Crippen LogP contribution in [0.2, 0.25) is 5.02 Å². The Hall–Kier alpha value is -1.04. The van der Waals surface area contributed by atoms with Crippen molar-refractivity contribution >= 4 is 23.4 Å². The minimum atomic E-state index is 0.293. The third kappa shape index (κ3) is 3.65. The lowest BCUT2D eigenvalue weighted by molar-refractivity contribution is 0.0942. The monoisotopic (exact) mass is 337 g/mol. The van der Waals surface area contributed by atoms with Crippen molar-refractivity contribution in [3.63, 3.8) is 0 Å². The Balaban J connectivity index is 1.72. The number of hydrogen-bond donors (Lipinski definition) is 0. The second kappa shape index (κ2) is 7.49. The fraction of sp³-hybridized carbons (Fsp3) is 0.500. The van der Waals surface area contributed by atoms with E-state index in [9.17, 15) is 0 Å². The van der Waals surface area contributed by atoms with Crippen LogP contribution in [0.25, 0.3) is 0 Å². The Morgan fingerprint density at radius 3 is 2.95 bits per heavy atom. The molecule has 0 spiro atoms. The van der Waals surface area contributed by atoms with Crippen LogP contribution < -0.4 is 0 Å². The second-order valence-corrected chi connectivity index (χ2v) is 6.73. The summed E-state index contributed by atoms with van der Waals surface area (Å²) in [6, 6.07) is 7.94. The van der Waals surface area contributed by atoms with Crippen molar-refractivity contribution in [2.75, 3.05) is 6.61 Å². The summed E-state index contributed by atoms with van der Waals surface area (Å²) in [5.74, 6) is 1.82. The quantitative estimate of drug-likeness (QED) is 0.748. The molecule has 1 aliphatic heterocycles. The molecule has 2 aromatic rings. The highest BCUT2D eigenvalue weighted by Crippen LogP contribution is 2.27. The molecule has 2 heterocycles. The standard InChI is InChI=1S/C16H20ClN3OS/c1-2-15-18-19-16(20(15)10-13-7-5-9-21-13)22-11-12-6-3-4-8-14(12)17/h3-4,6,8,13H,2,5,7,9-11H2,1H3. The third-order valence-electron chi connectivity index (χ3n) is 3.83. The predicted molar refractivity (Wildman–Crippen MR) is 89.4 cm³/mol. The highest BCUT2D eigenvalue weighted by atomic mass is 35.5. The van der Waals surface area contributed by atoms with E-state index in [1.54, 1.807) is 11.8 Å². The number of ether oxygens (including phenoxy) is 1. The molecule has 3 rings (SSSR count). The normalized spacial score (nSPS) is 18.0. The largest absolute Gasteiger partial charge is 0.376 e. The molecule has 118 valence electrons. The maximum absolute atomic E-state index is 6.22. The van der Waals surface area contributed by atoms with Gasteiger partial charge in [0.2, 0.25) is 0 Å². The Kier molecular flexibility index (Phi) is 5.39. The summed E-state index contributed by atoms with van der Waals surface area (Å²) >= 11 is 7.91. The first-order chi connectivity index (χ1) is 10.8. The molecule has 0 radical (unpaired) electrons. The molecule has 1 aliphatic rings. The van der Waals surface area contributed by atoms with Crippen molar-refractivity contribution in [2.24, 2.45) is 0 Å². The van der Waals surface area contributed by atoms with Crippen LogP contribution in [0.1, 0.15) is 31.2 Å². The Morgan fingerprint density at radius 1 is 1.36 bits per heavy atom. The van der Waals surface area contributed by atoms with Crippen LogP contribution in [0.15, 0.2) is 29.4 Å². The van der Waals surface area contributed by atoms with Crippen molar-refractivity contribution in [2.45, 2.75) is 49.7 Å². The van der Waals surface area contributed by atoms with Gasteiger partial charge in [-0.05, 0) is 24.5 Å². The molecule has 0 saturated carbocycles. The number of halogens is 1. The van der Waals surface area contributed by atoms with E-state index < -0.39 is 0 Å². The van der Waals surface area contributed by atoms with Gasteiger partial charge in [0, 0.05) is 23.8 Å². The molecule has 22 heavy (non-hydrogen) atoms. The lowest BCUT2D eigenvalue weighted by atomic mass is 10.2. The summed E-state index contributed by atoms with van der Waals surface area (Å²) in [6.07, 6.45) is 3.44. The Bertz CT molecular complexity index is 626. The molecule has 0 amide bonds. The third-order valence-corrected chi connectivity index (χ3v) is 5.22. The van der Waals surface area contributed by atoms with E-state index in [0.717, 1.165) is 59.7 Å². The van der Waals surface area contributed by atoms with Gasteiger partial charge in [0.25, 0.3) is 0 Å². The molecule has 0 N–H and O–H groups in total. The zero-order chi connectivity index (χ0) is 15.4. The van der Waals surface area contributed by atoms with Crippen molar-refractivity contribution in [1.29, 1.82) is 0 Å². The summed E-state index contributed by atoms with van der Waals surface area (Å²) in [7, 11) is 0. The second-order valence-electron chi connectivity index (χ2n) is 5.38. The van der Waals surface area contributed by atoms with Gasteiger partial charge in [-0.2, -0.15) is 0 Å². The van der Waals surface area contributed by atoms with E-state index in [2.05, 4.69) is 27.8 Å².